The van der Waals surface area contributed by atoms with Gasteiger partial charge in [-0.25, -0.2) is 0 Å². The standard InChI is InChI=1S/C61H39NO.C55H35NO/c1-3-17-40(18-4-1)41-31-34-44(35-32-41)62(58-29-15-10-21-46(58)42-19-5-2-6-20-42)45-38-52(60-53(39-45)51-25-11-16-30-59(51)63-60)43-33-36-50-49-24-9-14-28-56(49)61(57(50)37-43)54-26-12-7-22-47(54)48-23-8-13-27-55(48)61;1-3-15-36(16-4-1)37-27-30-40(31-28-37)56(39-17-5-2-6-18-39)41-34-47(54-48(35-41)46-22-10-14-26-53(46)57-54)38-29-32-45-44-21-9-13-25-51(44)55(52(45)33-38)49-23-11-7-19-42(49)43-20-8-12-24-50(43)55/h1-39H;1-35H. The van der Waals surface area contributed by atoms with Gasteiger partial charge in [0.05, 0.1) is 16.5 Å². The van der Waals surface area contributed by atoms with Gasteiger partial charge in [0.1, 0.15) is 22.3 Å². The zero-order valence-electron chi connectivity index (χ0n) is 65.4. The highest BCUT2D eigenvalue weighted by Crippen LogP contribution is 2.66. The molecule has 21 aromatic rings. The number of benzene rings is 19. The van der Waals surface area contributed by atoms with Crippen LogP contribution in [0.1, 0.15) is 44.5 Å². The van der Waals surface area contributed by atoms with E-state index < -0.39 is 10.8 Å². The van der Waals surface area contributed by atoms with E-state index in [1.165, 1.54) is 111 Å². The predicted octanol–water partition coefficient (Wildman–Crippen LogP) is 31.1. The molecule has 0 atom stereocenters. The van der Waals surface area contributed by atoms with Gasteiger partial charge in [-0.2, -0.15) is 0 Å². The number of anilines is 6. The Morgan fingerprint density at radius 1 is 0.158 bits per heavy atom. The Hall–Kier alpha value is -15.6. The fourth-order valence-electron chi connectivity index (χ4n) is 20.7. The average molecular weight is 1530 g/mol. The summed E-state index contributed by atoms with van der Waals surface area (Å²) in [5.41, 5.74) is 41.5. The molecule has 4 aliphatic rings. The molecule has 2 aromatic heterocycles. The van der Waals surface area contributed by atoms with Gasteiger partial charge < -0.3 is 18.6 Å². The molecule has 0 radical (unpaired) electrons. The molecule has 120 heavy (non-hydrogen) atoms. The van der Waals surface area contributed by atoms with E-state index in [9.17, 15) is 0 Å². The van der Waals surface area contributed by atoms with Crippen LogP contribution < -0.4 is 9.80 Å². The lowest BCUT2D eigenvalue weighted by Crippen LogP contribution is -2.25. The zero-order chi connectivity index (χ0) is 79.0. The van der Waals surface area contributed by atoms with Gasteiger partial charge in [0.15, 0.2) is 0 Å². The van der Waals surface area contributed by atoms with Gasteiger partial charge in [-0.1, -0.05) is 358 Å². The van der Waals surface area contributed by atoms with Crippen LogP contribution >= 0.6 is 0 Å². The predicted molar refractivity (Wildman–Crippen MR) is 497 cm³/mol. The summed E-state index contributed by atoms with van der Waals surface area (Å²) in [6.07, 6.45) is 0. The molecule has 0 N–H and O–H groups in total. The maximum Gasteiger partial charge on any atom is 0.143 e. The van der Waals surface area contributed by atoms with Gasteiger partial charge in [0.25, 0.3) is 0 Å². The number of hydrogen-bond donors (Lipinski definition) is 0. The number of nitrogens with zero attached hydrogens (tertiary/aromatic N) is 2. The smallest absolute Gasteiger partial charge is 0.143 e. The average Bonchev–Trinajstić information content (AvgIpc) is 1.51. The third-order valence-corrected chi connectivity index (χ3v) is 25.8. The van der Waals surface area contributed by atoms with Crippen molar-refractivity contribution < 1.29 is 8.83 Å². The van der Waals surface area contributed by atoms with Gasteiger partial charge in [-0.15, -0.1) is 0 Å². The minimum Gasteiger partial charge on any atom is -0.455 e. The van der Waals surface area contributed by atoms with E-state index in [2.05, 4.69) is 459 Å². The molecule has 0 unspecified atom stereocenters. The largest absolute Gasteiger partial charge is 0.455 e. The summed E-state index contributed by atoms with van der Waals surface area (Å²) in [7, 11) is 0. The molecule has 19 aromatic carbocycles. The van der Waals surface area contributed by atoms with E-state index in [4.69, 9.17) is 8.83 Å². The second-order valence-electron chi connectivity index (χ2n) is 31.9. The van der Waals surface area contributed by atoms with Gasteiger partial charge >= 0.3 is 0 Å². The fourth-order valence-corrected chi connectivity index (χ4v) is 20.7. The Kier molecular flexibility index (Phi) is 15.8. The first-order valence-corrected chi connectivity index (χ1v) is 41.4. The monoisotopic (exact) mass is 1530 g/mol. The number of fused-ring (bicyclic) bond motifs is 26. The van der Waals surface area contributed by atoms with E-state index in [1.807, 2.05) is 0 Å². The molecule has 560 valence electrons. The fraction of sp³-hybridized carbons (Fsp3) is 0.0172. The van der Waals surface area contributed by atoms with E-state index in [0.717, 1.165) is 111 Å². The molecular formula is C116H74N2O2. The molecule has 0 aliphatic heterocycles. The first-order valence-electron chi connectivity index (χ1n) is 41.4. The van der Waals surface area contributed by atoms with Gasteiger partial charge in [0.2, 0.25) is 0 Å². The molecule has 0 saturated carbocycles. The Morgan fingerprint density at radius 2 is 0.442 bits per heavy atom. The maximum absolute atomic E-state index is 6.93. The minimum atomic E-state index is -0.457. The van der Waals surface area contributed by atoms with Crippen LogP contribution in [0.4, 0.5) is 34.1 Å². The van der Waals surface area contributed by atoms with Crippen LogP contribution in [-0.4, -0.2) is 0 Å². The Labute approximate surface area is 696 Å². The Balaban J connectivity index is 0.000000137. The third kappa shape index (κ3) is 10.4. The highest BCUT2D eigenvalue weighted by molar-refractivity contribution is 6.14. The van der Waals surface area contributed by atoms with Crippen molar-refractivity contribution in [2.75, 3.05) is 9.80 Å². The van der Waals surface area contributed by atoms with Crippen molar-refractivity contribution in [3.05, 3.63) is 493 Å². The topological polar surface area (TPSA) is 32.8 Å². The van der Waals surface area contributed by atoms with Crippen molar-refractivity contribution in [3.8, 4) is 100 Å². The van der Waals surface area contributed by atoms with Crippen LogP contribution in [0, 0.1) is 0 Å². The van der Waals surface area contributed by atoms with Crippen LogP contribution in [0.15, 0.2) is 458 Å². The van der Waals surface area contributed by atoms with Crippen LogP contribution in [0.2, 0.25) is 0 Å². The summed E-state index contributed by atoms with van der Waals surface area (Å²) >= 11 is 0. The quantitative estimate of drug-likeness (QED) is 0.129. The molecule has 4 nitrogen and oxygen atoms in total. The molecule has 2 spiro atoms. The van der Waals surface area contributed by atoms with Crippen molar-refractivity contribution in [3.63, 3.8) is 0 Å². The zero-order valence-corrected chi connectivity index (χ0v) is 65.4. The van der Waals surface area contributed by atoms with E-state index >= 15 is 0 Å². The number of rotatable bonds is 11. The second kappa shape index (κ2) is 27.5. The molecule has 0 fully saturated rings. The van der Waals surface area contributed by atoms with Crippen LogP contribution in [0.5, 0.6) is 0 Å². The van der Waals surface area contributed by atoms with Crippen molar-refractivity contribution in [2.24, 2.45) is 0 Å². The summed E-state index contributed by atoms with van der Waals surface area (Å²) in [5, 5.41) is 4.37. The molecule has 0 bridgehead atoms. The van der Waals surface area contributed by atoms with Gasteiger partial charge in [-0.05, 0) is 219 Å². The van der Waals surface area contributed by atoms with Crippen molar-refractivity contribution in [1.82, 2.24) is 0 Å². The summed E-state index contributed by atoms with van der Waals surface area (Å²) in [6.45, 7) is 0. The Morgan fingerprint density at radius 3 is 0.842 bits per heavy atom. The first-order chi connectivity index (χ1) is 59.5. The molecule has 4 aliphatic carbocycles. The molecule has 25 rings (SSSR count). The maximum atomic E-state index is 6.93. The normalized spacial score (nSPS) is 13.0. The summed E-state index contributed by atoms with van der Waals surface area (Å²) < 4.78 is 13.8. The van der Waals surface area contributed by atoms with Crippen LogP contribution in [0.3, 0.4) is 0 Å². The van der Waals surface area contributed by atoms with Crippen molar-refractivity contribution >= 4 is 78.0 Å². The first kappa shape index (κ1) is 68.8. The van der Waals surface area contributed by atoms with Crippen molar-refractivity contribution in [2.45, 2.75) is 10.8 Å². The second-order valence-corrected chi connectivity index (χ2v) is 31.9. The SMILES string of the molecule is c1ccc(-c2ccc(N(c3cc(-c4ccc5c(c4)C4(c6ccccc6-c6ccccc64)c4ccccc4-5)c4oc5ccccc5c4c3)c3ccccc3-c3ccccc3)cc2)cc1.c1ccc(-c2ccc(N(c3ccccc3)c3cc(-c4ccc5c(c4)C4(c6ccccc6-c6ccccc64)c4ccccc4-5)c4oc5ccccc5c4c3)cc2)cc1. The summed E-state index contributed by atoms with van der Waals surface area (Å²) in [5.74, 6) is 0. The number of para-hydroxylation sites is 4. The number of furan rings is 2. The van der Waals surface area contributed by atoms with Crippen LogP contribution in [0.25, 0.3) is 144 Å². The summed E-state index contributed by atoms with van der Waals surface area (Å²) in [4.78, 5) is 4.80. The molecule has 4 heteroatoms. The number of hydrogen-bond acceptors (Lipinski definition) is 4. The van der Waals surface area contributed by atoms with Crippen molar-refractivity contribution in [1.29, 1.82) is 0 Å². The molecule has 2 heterocycles. The molecule has 0 saturated heterocycles. The lowest BCUT2D eigenvalue weighted by molar-refractivity contribution is 0.669. The lowest BCUT2D eigenvalue weighted by atomic mass is 9.70. The summed E-state index contributed by atoms with van der Waals surface area (Å²) in [6, 6.07) is 164. The van der Waals surface area contributed by atoms with Gasteiger partial charge in [-0.3, -0.25) is 0 Å². The highest BCUT2D eigenvalue weighted by atomic mass is 16.3. The van der Waals surface area contributed by atoms with E-state index in [0.29, 0.717) is 0 Å². The molecular weight excluding hydrogens is 1450 g/mol. The van der Waals surface area contributed by atoms with Crippen LogP contribution in [-0.2, 0) is 10.8 Å². The highest BCUT2D eigenvalue weighted by Gasteiger charge is 2.53. The van der Waals surface area contributed by atoms with E-state index in [-0.39, 0.29) is 0 Å². The van der Waals surface area contributed by atoms with Gasteiger partial charge in [0, 0.05) is 66.7 Å². The lowest BCUT2D eigenvalue weighted by Gasteiger charge is -2.31. The molecule has 0 amide bonds. The Bertz CT molecular complexity index is 7520. The minimum absolute atomic E-state index is 0.434. The van der Waals surface area contributed by atoms with E-state index in [1.54, 1.807) is 0 Å². The third-order valence-electron chi connectivity index (χ3n) is 25.8.